The Kier molecular flexibility index (Phi) is 8.84. The molecule has 0 radical (unpaired) electrons. The fourth-order valence-electron chi connectivity index (χ4n) is 2.92. The maximum Gasteiger partial charge on any atom is 0.349 e. The van der Waals surface area contributed by atoms with E-state index >= 15 is 0 Å². The standard InChI is InChI=1S/C25H27NO6/c1-6-29-23-13-19(12-20(14-26)25(28)30-7-2)8-9-21(23)32-24(27)15-31-22-11-16(3)10-17(4)18(22)5/h8-13H,6-7,15H2,1-5H3/b20-12+. The number of nitrogens with zero attached hydrogens (tertiary/aromatic N) is 1. The van der Waals surface area contributed by atoms with Crippen molar-refractivity contribution in [1.82, 2.24) is 0 Å². The van der Waals surface area contributed by atoms with Gasteiger partial charge in [-0.05, 0) is 81.1 Å². The van der Waals surface area contributed by atoms with Crippen LogP contribution in [0.2, 0.25) is 0 Å². The van der Waals surface area contributed by atoms with Crippen LogP contribution in [0.25, 0.3) is 6.08 Å². The lowest BCUT2D eigenvalue weighted by Crippen LogP contribution is -2.18. The molecule has 0 aliphatic carbocycles. The number of rotatable bonds is 9. The van der Waals surface area contributed by atoms with E-state index in [4.69, 9.17) is 18.9 Å². The number of ether oxygens (including phenoxy) is 4. The third-order valence-corrected chi connectivity index (χ3v) is 4.53. The molecule has 0 fully saturated rings. The number of aryl methyl sites for hydroxylation is 2. The molecule has 0 saturated carbocycles. The highest BCUT2D eigenvalue weighted by Gasteiger charge is 2.15. The second-order valence-electron chi connectivity index (χ2n) is 7.00. The lowest BCUT2D eigenvalue weighted by atomic mass is 10.1. The normalized spacial score (nSPS) is 10.8. The molecule has 7 heteroatoms. The Bertz CT molecular complexity index is 1060. The maximum absolute atomic E-state index is 12.4. The van der Waals surface area contributed by atoms with Crippen LogP contribution in [0.1, 0.15) is 36.1 Å². The van der Waals surface area contributed by atoms with E-state index in [1.165, 1.54) is 12.1 Å². The van der Waals surface area contributed by atoms with Crippen molar-refractivity contribution in [3.63, 3.8) is 0 Å². The van der Waals surface area contributed by atoms with Crippen molar-refractivity contribution in [1.29, 1.82) is 5.26 Å². The first-order chi connectivity index (χ1) is 15.3. The van der Waals surface area contributed by atoms with Gasteiger partial charge in [-0.15, -0.1) is 0 Å². The zero-order valence-electron chi connectivity index (χ0n) is 19.0. The van der Waals surface area contributed by atoms with E-state index in [0.29, 0.717) is 23.7 Å². The van der Waals surface area contributed by atoms with Crippen molar-refractivity contribution in [3.8, 4) is 23.3 Å². The van der Waals surface area contributed by atoms with E-state index in [1.54, 1.807) is 26.0 Å². The molecule has 0 spiro atoms. The molecule has 0 aliphatic rings. The molecule has 0 aliphatic heterocycles. The second-order valence-corrected chi connectivity index (χ2v) is 7.00. The van der Waals surface area contributed by atoms with Crippen LogP contribution in [0.3, 0.4) is 0 Å². The topological polar surface area (TPSA) is 94.9 Å². The van der Waals surface area contributed by atoms with Crippen LogP contribution < -0.4 is 14.2 Å². The van der Waals surface area contributed by atoms with Crippen molar-refractivity contribution in [2.45, 2.75) is 34.6 Å². The Morgan fingerprint density at radius 2 is 1.72 bits per heavy atom. The molecule has 0 aromatic heterocycles. The van der Waals surface area contributed by atoms with Gasteiger partial charge in [0.15, 0.2) is 18.1 Å². The molecule has 32 heavy (non-hydrogen) atoms. The van der Waals surface area contributed by atoms with E-state index in [2.05, 4.69) is 0 Å². The summed E-state index contributed by atoms with van der Waals surface area (Å²) in [6.07, 6.45) is 1.39. The average Bonchev–Trinajstić information content (AvgIpc) is 2.75. The number of nitriles is 1. The van der Waals surface area contributed by atoms with E-state index in [9.17, 15) is 14.9 Å². The first kappa shape index (κ1) is 24.5. The van der Waals surface area contributed by atoms with Crippen molar-refractivity contribution in [2.75, 3.05) is 19.8 Å². The van der Waals surface area contributed by atoms with E-state index in [-0.39, 0.29) is 24.5 Å². The summed E-state index contributed by atoms with van der Waals surface area (Å²) in [7, 11) is 0. The Morgan fingerprint density at radius 3 is 2.38 bits per heavy atom. The van der Waals surface area contributed by atoms with E-state index < -0.39 is 11.9 Å². The maximum atomic E-state index is 12.4. The van der Waals surface area contributed by atoms with Gasteiger partial charge < -0.3 is 18.9 Å². The minimum absolute atomic E-state index is 0.142. The van der Waals surface area contributed by atoms with Gasteiger partial charge in [0.05, 0.1) is 13.2 Å². The summed E-state index contributed by atoms with van der Waals surface area (Å²) in [5, 5.41) is 9.20. The van der Waals surface area contributed by atoms with Crippen LogP contribution in [-0.2, 0) is 14.3 Å². The molecule has 0 amide bonds. The number of hydrogen-bond donors (Lipinski definition) is 0. The number of benzene rings is 2. The summed E-state index contributed by atoms with van der Waals surface area (Å²) in [6, 6.07) is 10.5. The Hall–Kier alpha value is -3.79. The average molecular weight is 437 g/mol. The lowest BCUT2D eigenvalue weighted by molar-refractivity contribution is -0.138. The second kappa shape index (κ2) is 11.6. The number of esters is 2. The third-order valence-electron chi connectivity index (χ3n) is 4.53. The Morgan fingerprint density at radius 1 is 0.969 bits per heavy atom. The van der Waals surface area contributed by atoms with Crippen LogP contribution in [0.4, 0.5) is 0 Å². The fourth-order valence-corrected chi connectivity index (χ4v) is 2.92. The van der Waals surface area contributed by atoms with Gasteiger partial charge in [-0.3, -0.25) is 0 Å². The summed E-state index contributed by atoms with van der Waals surface area (Å²) in [6.45, 7) is 9.56. The predicted molar refractivity (Wildman–Crippen MR) is 120 cm³/mol. The summed E-state index contributed by atoms with van der Waals surface area (Å²) >= 11 is 0. The highest BCUT2D eigenvalue weighted by Crippen LogP contribution is 2.30. The minimum Gasteiger partial charge on any atom is -0.490 e. The summed E-state index contributed by atoms with van der Waals surface area (Å²) in [5.74, 6) is -0.144. The molecule has 0 heterocycles. The van der Waals surface area contributed by atoms with Gasteiger partial charge in [-0.2, -0.15) is 5.26 Å². The molecule has 0 unspecified atom stereocenters. The lowest BCUT2D eigenvalue weighted by Gasteiger charge is -2.14. The Balaban J connectivity index is 2.16. The van der Waals surface area contributed by atoms with Gasteiger partial charge in [0.25, 0.3) is 0 Å². The number of carbonyl (C=O) groups excluding carboxylic acids is 2. The molecular weight excluding hydrogens is 410 g/mol. The van der Waals surface area contributed by atoms with Gasteiger partial charge >= 0.3 is 11.9 Å². The van der Waals surface area contributed by atoms with Crippen LogP contribution in [0.5, 0.6) is 17.2 Å². The molecule has 2 aromatic carbocycles. The summed E-state index contributed by atoms with van der Waals surface area (Å²) in [5.41, 5.74) is 3.47. The molecular formula is C25H27NO6. The van der Waals surface area contributed by atoms with Crippen LogP contribution >= 0.6 is 0 Å². The monoisotopic (exact) mass is 437 g/mol. The number of hydrogen-bond acceptors (Lipinski definition) is 7. The van der Waals surface area contributed by atoms with E-state index in [1.807, 2.05) is 39.0 Å². The van der Waals surface area contributed by atoms with Crippen LogP contribution in [0, 0.1) is 32.1 Å². The minimum atomic E-state index is -0.706. The molecule has 2 aromatic rings. The fraction of sp³-hybridized carbons (Fsp3) is 0.320. The molecule has 168 valence electrons. The molecule has 0 atom stereocenters. The Labute approximate surface area is 188 Å². The van der Waals surface area contributed by atoms with Crippen molar-refractivity contribution < 1.29 is 28.5 Å². The molecule has 0 saturated heterocycles. The zero-order valence-corrected chi connectivity index (χ0v) is 19.0. The summed E-state index contributed by atoms with van der Waals surface area (Å²) < 4.78 is 21.5. The van der Waals surface area contributed by atoms with Gasteiger partial charge in [-0.25, -0.2) is 9.59 Å². The van der Waals surface area contributed by atoms with Gasteiger partial charge in [0.1, 0.15) is 17.4 Å². The predicted octanol–water partition coefficient (Wildman–Crippen LogP) is 4.47. The van der Waals surface area contributed by atoms with Crippen molar-refractivity contribution in [2.24, 2.45) is 0 Å². The quantitative estimate of drug-likeness (QED) is 0.247. The zero-order chi connectivity index (χ0) is 23.7. The highest BCUT2D eigenvalue weighted by molar-refractivity contribution is 5.98. The molecule has 2 rings (SSSR count). The smallest absolute Gasteiger partial charge is 0.349 e. The molecule has 7 nitrogen and oxygen atoms in total. The van der Waals surface area contributed by atoms with Crippen molar-refractivity contribution in [3.05, 3.63) is 58.2 Å². The third kappa shape index (κ3) is 6.61. The van der Waals surface area contributed by atoms with Crippen LogP contribution in [0.15, 0.2) is 35.9 Å². The van der Waals surface area contributed by atoms with E-state index in [0.717, 1.165) is 16.7 Å². The molecule has 0 bridgehead atoms. The summed E-state index contributed by atoms with van der Waals surface area (Å²) in [4.78, 5) is 24.2. The van der Waals surface area contributed by atoms with Gasteiger partial charge in [0, 0.05) is 0 Å². The van der Waals surface area contributed by atoms with Gasteiger partial charge in [-0.1, -0.05) is 12.1 Å². The van der Waals surface area contributed by atoms with Gasteiger partial charge in [0.2, 0.25) is 0 Å². The van der Waals surface area contributed by atoms with Crippen molar-refractivity contribution >= 4 is 18.0 Å². The first-order valence-corrected chi connectivity index (χ1v) is 10.3. The molecule has 0 N–H and O–H groups in total. The SMILES string of the molecule is CCOC(=O)/C(C#N)=C/c1ccc(OC(=O)COc2cc(C)cc(C)c2C)c(OCC)c1. The first-order valence-electron chi connectivity index (χ1n) is 10.3. The highest BCUT2D eigenvalue weighted by atomic mass is 16.6. The van der Waals surface area contributed by atoms with Crippen LogP contribution in [-0.4, -0.2) is 31.8 Å². The number of carbonyl (C=O) groups is 2. The largest absolute Gasteiger partial charge is 0.490 e.